The Kier molecular flexibility index (Phi) is 4.55. The minimum Gasteiger partial charge on any atom is -0.368 e. The molecule has 2 amide bonds. The Morgan fingerprint density at radius 3 is 2.65 bits per heavy atom. The molecule has 1 fully saturated rings. The maximum atomic E-state index is 12.5. The van der Waals surface area contributed by atoms with Gasteiger partial charge in [-0.15, -0.1) is 0 Å². The van der Waals surface area contributed by atoms with Crippen molar-refractivity contribution in [1.29, 1.82) is 0 Å². The zero-order valence-electron chi connectivity index (χ0n) is 13.0. The molecule has 3 N–H and O–H groups in total. The van der Waals surface area contributed by atoms with E-state index in [0.717, 1.165) is 36.6 Å². The first-order valence-corrected chi connectivity index (χ1v) is 8.10. The van der Waals surface area contributed by atoms with E-state index in [4.69, 9.17) is 5.73 Å². The van der Waals surface area contributed by atoms with Gasteiger partial charge in [-0.05, 0) is 30.9 Å². The molecule has 2 aromatic rings. The summed E-state index contributed by atoms with van der Waals surface area (Å²) < 4.78 is 0. The van der Waals surface area contributed by atoms with Gasteiger partial charge in [0.15, 0.2) is 0 Å². The molecule has 1 aliphatic carbocycles. The molecule has 0 spiro atoms. The average molecular weight is 311 g/mol. The number of para-hydroxylation sites is 1. The van der Waals surface area contributed by atoms with Crippen LogP contribution in [0.1, 0.15) is 42.5 Å². The first-order valence-electron chi connectivity index (χ1n) is 8.10. The van der Waals surface area contributed by atoms with Crippen LogP contribution in [-0.4, -0.2) is 22.8 Å². The number of nitrogens with two attached hydrogens (primary N) is 1. The molecule has 1 atom stereocenters. The van der Waals surface area contributed by atoms with E-state index in [-0.39, 0.29) is 11.8 Å². The number of pyridine rings is 1. The second-order valence-electron chi connectivity index (χ2n) is 6.17. The van der Waals surface area contributed by atoms with Gasteiger partial charge in [0.1, 0.15) is 6.04 Å². The van der Waals surface area contributed by atoms with Crippen LogP contribution in [0.3, 0.4) is 0 Å². The van der Waals surface area contributed by atoms with Crippen LogP contribution in [-0.2, 0) is 4.79 Å². The van der Waals surface area contributed by atoms with Gasteiger partial charge in [-0.3, -0.25) is 14.6 Å². The van der Waals surface area contributed by atoms with Crippen LogP contribution < -0.4 is 11.1 Å². The Morgan fingerprint density at radius 1 is 1.17 bits per heavy atom. The molecule has 0 aliphatic heterocycles. The summed E-state index contributed by atoms with van der Waals surface area (Å²) in [6.07, 6.45) is 6.76. The van der Waals surface area contributed by atoms with Crippen molar-refractivity contribution in [3.8, 4) is 0 Å². The standard InChI is InChI=1S/C18H21N3O2/c19-17(22)16(12-6-2-1-3-7-12)21-18(23)14-10-13-8-4-5-9-15(13)20-11-14/h4-5,8-12,16H,1-3,6-7H2,(H2,19,22)(H,21,23). The smallest absolute Gasteiger partial charge is 0.253 e. The molecule has 0 bridgehead atoms. The quantitative estimate of drug-likeness (QED) is 0.909. The normalized spacial score (nSPS) is 16.9. The van der Waals surface area contributed by atoms with Gasteiger partial charge in [0.05, 0.1) is 11.1 Å². The number of aromatic nitrogens is 1. The molecule has 120 valence electrons. The van der Waals surface area contributed by atoms with E-state index in [1.165, 1.54) is 12.6 Å². The predicted octanol–water partition coefficient (Wildman–Crippen LogP) is 2.40. The molecular formula is C18H21N3O2. The second-order valence-corrected chi connectivity index (χ2v) is 6.17. The third-order valence-electron chi connectivity index (χ3n) is 4.57. The second kappa shape index (κ2) is 6.77. The lowest BCUT2D eigenvalue weighted by atomic mass is 9.83. The molecule has 1 aromatic heterocycles. The SMILES string of the molecule is NC(=O)C(NC(=O)c1cnc2ccccc2c1)C1CCCCC1. The summed E-state index contributed by atoms with van der Waals surface area (Å²) in [5.41, 5.74) is 6.80. The van der Waals surface area contributed by atoms with Crippen LogP contribution in [0.4, 0.5) is 0 Å². The molecular weight excluding hydrogens is 290 g/mol. The maximum absolute atomic E-state index is 12.5. The molecule has 23 heavy (non-hydrogen) atoms. The van der Waals surface area contributed by atoms with E-state index in [1.54, 1.807) is 6.07 Å². The highest BCUT2D eigenvalue weighted by Crippen LogP contribution is 2.26. The van der Waals surface area contributed by atoms with Gasteiger partial charge in [-0.2, -0.15) is 0 Å². The number of fused-ring (bicyclic) bond motifs is 1. The van der Waals surface area contributed by atoms with E-state index in [9.17, 15) is 9.59 Å². The first-order chi connectivity index (χ1) is 11.1. The van der Waals surface area contributed by atoms with Crippen molar-refractivity contribution in [2.45, 2.75) is 38.1 Å². The van der Waals surface area contributed by atoms with Crippen LogP contribution in [0, 0.1) is 5.92 Å². The molecule has 1 aromatic carbocycles. The summed E-state index contributed by atoms with van der Waals surface area (Å²) in [6.45, 7) is 0. The number of nitrogens with one attached hydrogen (secondary N) is 1. The Hall–Kier alpha value is -2.43. The molecule has 1 heterocycles. The molecule has 0 radical (unpaired) electrons. The van der Waals surface area contributed by atoms with Crippen LogP contribution in [0.2, 0.25) is 0 Å². The number of rotatable bonds is 4. The lowest BCUT2D eigenvalue weighted by Crippen LogP contribution is -2.49. The lowest BCUT2D eigenvalue weighted by Gasteiger charge is -2.28. The van der Waals surface area contributed by atoms with Crippen molar-refractivity contribution in [2.24, 2.45) is 11.7 Å². The fraction of sp³-hybridized carbons (Fsp3) is 0.389. The summed E-state index contributed by atoms with van der Waals surface area (Å²) in [4.78, 5) is 28.5. The van der Waals surface area contributed by atoms with Crippen LogP contribution in [0.5, 0.6) is 0 Å². The lowest BCUT2D eigenvalue weighted by molar-refractivity contribution is -0.121. The van der Waals surface area contributed by atoms with Crippen LogP contribution >= 0.6 is 0 Å². The van der Waals surface area contributed by atoms with Crippen molar-refractivity contribution in [1.82, 2.24) is 10.3 Å². The zero-order valence-corrected chi connectivity index (χ0v) is 13.0. The van der Waals surface area contributed by atoms with Gasteiger partial charge in [0, 0.05) is 11.6 Å². The Bertz CT molecular complexity index is 723. The van der Waals surface area contributed by atoms with E-state index < -0.39 is 11.9 Å². The predicted molar refractivity (Wildman–Crippen MR) is 88.8 cm³/mol. The Morgan fingerprint density at radius 2 is 1.91 bits per heavy atom. The maximum Gasteiger partial charge on any atom is 0.253 e. The van der Waals surface area contributed by atoms with Crippen molar-refractivity contribution in [3.63, 3.8) is 0 Å². The summed E-state index contributed by atoms with van der Waals surface area (Å²) >= 11 is 0. The summed E-state index contributed by atoms with van der Waals surface area (Å²) in [6, 6.07) is 8.80. The molecule has 1 unspecified atom stereocenters. The number of nitrogens with zero attached hydrogens (tertiary/aromatic N) is 1. The Balaban J connectivity index is 1.78. The molecule has 0 saturated heterocycles. The van der Waals surface area contributed by atoms with Crippen molar-refractivity contribution in [3.05, 3.63) is 42.1 Å². The van der Waals surface area contributed by atoms with E-state index in [0.29, 0.717) is 5.56 Å². The highest BCUT2D eigenvalue weighted by molar-refractivity contribution is 5.99. The number of hydrogen-bond acceptors (Lipinski definition) is 3. The molecule has 3 rings (SSSR count). The number of amides is 2. The molecule has 1 saturated carbocycles. The highest BCUT2D eigenvalue weighted by atomic mass is 16.2. The van der Waals surface area contributed by atoms with E-state index >= 15 is 0 Å². The topological polar surface area (TPSA) is 85.1 Å². The van der Waals surface area contributed by atoms with Crippen molar-refractivity contribution in [2.75, 3.05) is 0 Å². The van der Waals surface area contributed by atoms with E-state index in [1.807, 2.05) is 24.3 Å². The largest absolute Gasteiger partial charge is 0.368 e. The Labute approximate surface area is 135 Å². The van der Waals surface area contributed by atoms with Gasteiger partial charge in [-0.25, -0.2) is 0 Å². The summed E-state index contributed by atoms with van der Waals surface area (Å²) in [5.74, 6) is -0.616. The van der Waals surface area contributed by atoms with Gasteiger partial charge in [0.25, 0.3) is 5.91 Å². The monoisotopic (exact) mass is 311 g/mol. The van der Waals surface area contributed by atoms with Crippen LogP contribution in [0.25, 0.3) is 10.9 Å². The van der Waals surface area contributed by atoms with Gasteiger partial charge in [-0.1, -0.05) is 37.5 Å². The van der Waals surface area contributed by atoms with Crippen LogP contribution in [0.15, 0.2) is 36.5 Å². The van der Waals surface area contributed by atoms with Gasteiger partial charge >= 0.3 is 0 Å². The van der Waals surface area contributed by atoms with Gasteiger partial charge < -0.3 is 11.1 Å². The number of benzene rings is 1. The third kappa shape index (κ3) is 3.50. The van der Waals surface area contributed by atoms with E-state index in [2.05, 4.69) is 10.3 Å². The number of primary amides is 1. The number of carbonyl (C=O) groups excluding carboxylic acids is 2. The zero-order chi connectivity index (χ0) is 16.2. The fourth-order valence-electron chi connectivity index (χ4n) is 3.31. The summed E-state index contributed by atoms with van der Waals surface area (Å²) in [5, 5.41) is 3.71. The van der Waals surface area contributed by atoms with Gasteiger partial charge in [0.2, 0.25) is 5.91 Å². The number of hydrogen-bond donors (Lipinski definition) is 2. The molecule has 5 heteroatoms. The fourth-order valence-corrected chi connectivity index (χ4v) is 3.31. The third-order valence-corrected chi connectivity index (χ3v) is 4.57. The number of carbonyl (C=O) groups is 2. The van der Waals surface area contributed by atoms with Crippen molar-refractivity contribution >= 4 is 22.7 Å². The molecule has 1 aliphatic rings. The first kappa shape index (κ1) is 15.5. The minimum atomic E-state index is -0.603. The van der Waals surface area contributed by atoms with Crippen molar-refractivity contribution < 1.29 is 9.59 Å². The minimum absolute atomic E-state index is 0.138. The molecule has 5 nitrogen and oxygen atoms in total. The average Bonchev–Trinajstić information content (AvgIpc) is 2.59. The highest BCUT2D eigenvalue weighted by Gasteiger charge is 2.29. The summed E-state index contributed by atoms with van der Waals surface area (Å²) in [7, 11) is 0.